The number of methoxy groups -OCH3 is 1. The highest BCUT2D eigenvalue weighted by Gasteiger charge is 2.27. The van der Waals surface area contributed by atoms with Gasteiger partial charge in [0.25, 0.3) is 0 Å². The summed E-state index contributed by atoms with van der Waals surface area (Å²) in [5, 5.41) is 3.53. The Kier molecular flexibility index (Phi) is 6.93. The Morgan fingerprint density at radius 3 is 2.63 bits per heavy atom. The average Bonchev–Trinajstić information content (AvgIpc) is 3.63. The molecule has 1 N–H and O–H groups in total. The lowest BCUT2D eigenvalue weighted by Gasteiger charge is -2.21. The molecule has 0 aromatic heterocycles. The van der Waals surface area contributed by atoms with E-state index in [0.29, 0.717) is 11.5 Å². The van der Waals surface area contributed by atoms with Crippen LogP contribution in [0.2, 0.25) is 0 Å². The molecule has 2 aliphatic rings. The molecule has 2 fully saturated rings. The van der Waals surface area contributed by atoms with Gasteiger partial charge in [-0.15, -0.1) is 0 Å². The zero-order chi connectivity index (χ0) is 20.8. The van der Waals surface area contributed by atoms with Crippen molar-refractivity contribution in [2.45, 2.75) is 63.7 Å². The van der Waals surface area contributed by atoms with Crippen molar-refractivity contribution in [3.8, 4) is 5.75 Å². The van der Waals surface area contributed by atoms with E-state index in [1.165, 1.54) is 64.0 Å². The topological polar surface area (TPSA) is 47.6 Å². The van der Waals surface area contributed by atoms with E-state index in [-0.39, 0.29) is 5.97 Å². The maximum Gasteiger partial charge on any atom is 0.337 e. The standard InChI is InChI=1S/C26H33NO3/c1-29-26(28)21-14-15-25(24(17-21)20-12-13-20)27-22-10-5-11-23(18-22)30-16-6-9-19-7-3-2-4-8-19/h5,10-11,14-15,17-20,27H,2-4,6-9,12-13,16H2,1H3. The first-order chi connectivity index (χ1) is 14.7. The minimum Gasteiger partial charge on any atom is -0.494 e. The molecular weight excluding hydrogens is 374 g/mol. The number of anilines is 2. The van der Waals surface area contributed by atoms with Gasteiger partial charge >= 0.3 is 5.97 Å². The van der Waals surface area contributed by atoms with E-state index in [4.69, 9.17) is 9.47 Å². The van der Waals surface area contributed by atoms with E-state index in [1.54, 1.807) is 0 Å². The molecule has 0 amide bonds. The summed E-state index contributed by atoms with van der Waals surface area (Å²) in [6.07, 6.45) is 11.8. The molecule has 0 heterocycles. The third kappa shape index (κ3) is 5.56. The van der Waals surface area contributed by atoms with Crippen LogP contribution >= 0.6 is 0 Å². The summed E-state index contributed by atoms with van der Waals surface area (Å²) >= 11 is 0. The molecule has 0 saturated heterocycles. The lowest BCUT2D eigenvalue weighted by molar-refractivity contribution is 0.0600. The summed E-state index contributed by atoms with van der Waals surface area (Å²) in [4.78, 5) is 11.9. The van der Waals surface area contributed by atoms with Gasteiger partial charge < -0.3 is 14.8 Å². The lowest BCUT2D eigenvalue weighted by atomic mass is 9.86. The van der Waals surface area contributed by atoms with E-state index in [2.05, 4.69) is 17.4 Å². The Balaban J connectivity index is 1.35. The SMILES string of the molecule is COC(=O)c1ccc(Nc2cccc(OCCCC3CCCCC3)c2)c(C2CC2)c1. The van der Waals surface area contributed by atoms with Crippen LogP contribution in [0.1, 0.15) is 79.6 Å². The first-order valence-electron chi connectivity index (χ1n) is 11.4. The molecule has 2 aliphatic carbocycles. The molecule has 160 valence electrons. The molecule has 2 saturated carbocycles. The van der Waals surface area contributed by atoms with Gasteiger partial charge in [-0.1, -0.05) is 38.2 Å². The molecule has 4 rings (SSSR count). The fourth-order valence-electron chi connectivity index (χ4n) is 4.51. The summed E-state index contributed by atoms with van der Waals surface area (Å²) < 4.78 is 10.9. The highest BCUT2D eigenvalue weighted by atomic mass is 16.5. The van der Waals surface area contributed by atoms with Gasteiger partial charge in [-0.3, -0.25) is 0 Å². The van der Waals surface area contributed by atoms with E-state index < -0.39 is 0 Å². The summed E-state index contributed by atoms with van der Waals surface area (Å²) in [6.45, 7) is 0.779. The molecule has 0 spiro atoms. The van der Waals surface area contributed by atoms with Crippen LogP contribution in [-0.4, -0.2) is 19.7 Å². The second kappa shape index (κ2) is 10.0. The number of hydrogen-bond donors (Lipinski definition) is 1. The Bertz CT molecular complexity index is 853. The predicted octanol–water partition coefficient (Wildman–Crippen LogP) is 6.83. The van der Waals surface area contributed by atoms with Crippen molar-refractivity contribution >= 4 is 17.3 Å². The summed E-state index contributed by atoms with van der Waals surface area (Å²) in [5.41, 5.74) is 3.86. The van der Waals surface area contributed by atoms with Gasteiger partial charge in [0.1, 0.15) is 5.75 Å². The normalized spacial score (nSPS) is 16.8. The smallest absolute Gasteiger partial charge is 0.337 e. The second-order valence-electron chi connectivity index (χ2n) is 8.72. The summed E-state index contributed by atoms with van der Waals surface area (Å²) in [7, 11) is 1.42. The predicted molar refractivity (Wildman–Crippen MR) is 121 cm³/mol. The molecular formula is C26H33NO3. The van der Waals surface area contributed by atoms with E-state index in [1.807, 2.05) is 30.3 Å². The van der Waals surface area contributed by atoms with Gasteiger partial charge in [0.2, 0.25) is 0 Å². The van der Waals surface area contributed by atoms with Crippen molar-refractivity contribution in [3.05, 3.63) is 53.6 Å². The molecule has 2 aromatic rings. The van der Waals surface area contributed by atoms with Gasteiger partial charge in [-0.25, -0.2) is 4.79 Å². The molecule has 0 radical (unpaired) electrons. The monoisotopic (exact) mass is 407 g/mol. The molecule has 4 heteroatoms. The van der Waals surface area contributed by atoms with Gasteiger partial charge in [0.05, 0.1) is 19.3 Å². The number of rotatable bonds is 9. The summed E-state index contributed by atoms with van der Waals surface area (Å²) in [5.74, 6) is 2.05. The van der Waals surface area contributed by atoms with Crippen LogP contribution in [0.4, 0.5) is 11.4 Å². The van der Waals surface area contributed by atoms with Crippen LogP contribution in [0.3, 0.4) is 0 Å². The molecule has 0 bridgehead atoms. The number of nitrogens with one attached hydrogen (secondary N) is 1. The van der Waals surface area contributed by atoms with Crippen LogP contribution in [-0.2, 0) is 4.74 Å². The zero-order valence-electron chi connectivity index (χ0n) is 18.0. The average molecular weight is 408 g/mol. The van der Waals surface area contributed by atoms with Gasteiger partial charge in [-0.2, -0.15) is 0 Å². The van der Waals surface area contributed by atoms with Crippen molar-refractivity contribution in [2.24, 2.45) is 5.92 Å². The molecule has 4 nitrogen and oxygen atoms in total. The van der Waals surface area contributed by atoms with Crippen molar-refractivity contribution in [1.82, 2.24) is 0 Å². The Hall–Kier alpha value is -2.49. The number of carbonyl (C=O) groups excluding carboxylic acids is 1. The van der Waals surface area contributed by atoms with Crippen molar-refractivity contribution in [1.29, 1.82) is 0 Å². The fourth-order valence-corrected chi connectivity index (χ4v) is 4.51. The van der Waals surface area contributed by atoms with Crippen LogP contribution in [0.15, 0.2) is 42.5 Å². The molecule has 2 aromatic carbocycles. The van der Waals surface area contributed by atoms with Crippen LogP contribution < -0.4 is 10.1 Å². The van der Waals surface area contributed by atoms with E-state index >= 15 is 0 Å². The summed E-state index contributed by atoms with van der Waals surface area (Å²) in [6, 6.07) is 13.9. The van der Waals surface area contributed by atoms with E-state index in [9.17, 15) is 4.79 Å². The number of esters is 1. The number of carbonyl (C=O) groups is 1. The van der Waals surface area contributed by atoms with Gasteiger partial charge in [0.15, 0.2) is 0 Å². The maximum absolute atomic E-state index is 11.9. The highest BCUT2D eigenvalue weighted by Crippen LogP contribution is 2.44. The maximum atomic E-state index is 11.9. The number of hydrogen-bond acceptors (Lipinski definition) is 4. The fraction of sp³-hybridized carbons (Fsp3) is 0.500. The minimum absolute atomic E-state index is 0.285. The third-order valence-corrected chi connectivity index (χ3v) is 6.35. The number of ether oxygens (including phenoxy) is 2. The Labute approximate surface area is 180 Å². The largest absolute Gasteiger partial charge is 0.494 e. The Morgan fingerprint density at radius 2 is 1.87 bits per heavy atom. The van der Waals surface area contributed by atoms with Crippen LogP contribution in [0.5, 0.6) is 5.75 Å². The molecule has 30 heavy (non-hydrogen) atoms. The van der Waals surface area contributed by atoms with Crippen molar-refractivity contribution in [2.75, 3.05) is 19.0 Å². The first kappa shape index (κ1) is 20.8. The third-order valence-electron chi connectivity index (χ3n) is 6.35. The highest BCUT2D eigenvalue weighted by molar-refractivity contribution is 5.90. The molecule has 0 aliphatic heterocycles. The first-order valence-corrected chi connectivity index (χ1v) is 11.4. The van der Waals surface area contributed by atoms with Gasteiger partial charge in [-0.05, 0) is 73.4 Å². The molecule has 0 unspecified atom stereocenters. The van der Waals surface area contributed by atoms with E-state index in [0.717, 1.165) is 36.1 Å². The van der Waals surface area contributed by atoms with Crippen molar-refractivity contribution in [3.63, 3.8) is 0 Å². The van der Waals surface area contributed by atoms with Crippen LogP contribution in [0, 0.1) is 5.92 Å². The quantitative estimate of drug-likeness (QED) is 0.365. The second-order valence-corrected chi connectivity index (χ2v) is 8.72. The van der Waals surface area contributed by atoms with Gasteiger partial charge in [0, 0.05) is 17.4 Å². The number of benzene rings is 2. The Morgan fingerprint density at radius 1 is 1.03 bits per heavy atom. The van der Waals surface area contributed by atoms with Crippen LogP contribution in [0.25, 0.3) is 0 Å². The molecule has 0 atom stereocenters. The minimum atomic E-state index is -0.285. The van der Waals surface area contributed by atoms with Crippen molar-refractivity contribution < 1.29 is 14.3 Å². The lowest BCUT2D eigenvalue weighted by Crippen LogP contribution is -2.08. The zero-order valence-corrected chi connectivity index (χ0v) is 18.0.